The molecule has 27 heavy (non-hydrogen) atoms. The number of ether oxygens (including phenoxy) is 1. The summed E-state index contributed by atoms with van der Waals surface area (Å²) in [5, 5.41) is 30.3. The van der Waals surface area contributed by atoms with Gasteiger partial charge in [0.25, 0.3) is 0 Å². The van der Waals surface area contributed by atoms with Gasteiger partial charge in [-0.2, -0.15) is 0 Å². The number of aliphatic hydroxyl groups is 2. The third-order valence-electron chi connectivity index (χ3n) is 4.22. The van der Waals surface area contributed by atoms with E-state index >= 15 is 0 Å². The lowest BCUT2D eigenvalue weighted by Crippen LogP contribution is -2.51. The lowest BCUT2D eigenvalue weighted by Gasteiger charge is -2.36. The minimum absolute atomic E-state index is 0.0620. The topological polar surface area (TPSA) is 116 Å². The van der Waals surface area contributed by atoms with Crippen LogP contribution in [0.4, 0.5) is 8.78 Å². The molecule has 0 aliphatic carbocycles. The van der Waals surface area contributed by atoms with Crippen molar-refractivity contribution < 1.29 is 38.4 Å². The van der Waals surface area contributed by atoms with E-state index in [2.05, 4.69) is 5.32 Å². The summed E-state index contributed by atoms with van der Waals surface area (Å²) in [6.45, 7) is -0.531. The molecule has 2 rings (SSSR count). The molecule has 1 aliphatic rings. The van der Waals surface area contributed by atoms with Crippen LogP contribution in [-0.2, 0) is 14.3 Å². The zero-order valence-electron chi connectivity index (χ0n) is 14.3. The molecule has 1 aromatic carbocycles. The molecule has 0 aromatic heterocycles. The van der Waals surface area contributed by atoms with Crippen molar-refractivity contribution in [3.63, 3.8) is 0 Å². The van der Waals surface area contributed by atoms with Gasteiger partial charge in [-0.25, -0.2) is 13.6 Å². The first kappa shape index (κ1) is 20.9. The smallest absolute Gasteiger partial charge is 0.332 e. The van der Waals surface area contributed by atoms with Gasteiger partial charge in [0.1, 0.15) is 11.6 Å². The zero-order chi connectivity index (χ0) is 20.0. The number of aliphatic hydroxyl groups excluding tert-OH is 2. The second-order valence-electron chi connectivity index (χ2n) is 6.27. The Bertz CT molecular complexity index is 711. The average Bonchev–Trinajstić information content (AvgIpc) is 2.63. The Kier molecular flexibility index (Phi) is 7.40. The standard InChI is InChI=1S/C18H21F2NO6/c19-11-2-3-13(20)10(7-11)1-6-17(24)21-14-4-5-15(18(25)26)27-16(14)8-12(23)9-22/h1-3,6-7,12,14-16,22-23H,4-5,8-9H2,(H,21,24)(H,25,26)/t12-,14-,15+,16-/m1/s1. The third-order valence-corrected chi connectivity index (χ3v) is 4.22. The van der Waals surface area contributed by atoms with Gasteiger partial charge in [0.2, 0.25) is 5.91 Å². The number of aliphatic carboxylic acids is 1. The van der Waals surface area contributed by atoms with Crippen LogP contribution in [-0.4, -0.2) is 58.2 Å². The van der Waals surface area contributed by atoms with Gasteiger partial charge in [-0.05, 0) is 37.1 Å². The zero-order valence-corrected chi connectivity index (χ0v) is 14.3. The Hall–Kier alpha value is -2.36. The maximum absolute atomic E-state index is 13.6. The summed E-state index contributed by atoms with van der Waals surface area (Å²) in [6.07, 6.45) is -0.472. The largest absolute Gasteiger partial charge is 0.479 e. The fourth-order valence-corrected chi connectivity index (χ4v) is 2.84. The van der Waals surface area contributed by atoms with Crippen molar-refractivity contribution in [1.29, 1.82) is 0 Å². The number of rotatable bonds is 7. The number of amides is 1. The van der Waals surface area contributed by atoms with E-state index in [4.69, 9.17) is 14.9 Å². The SMILES string of the molecule is O=C(C=Cc1cc(F)ccc1F)N[C@@H]1CC[C@@H](C(=O)O)O[C@@H]1C[C@@H](O)CO. The maximum Gasteiger partial charge on any atom is 0.332 e. The van der Waals surface area contributed by atoms with Crippen molar-refractivity contribution in [1.82, 2.24) is 5.32 Å². The first-order valence-corrected chi connectivity index (χ1v) is 8.41. The Morgan fingerprint density at radius 3 is 2.74 bits per heavy atom. The van der Waals surface area contributed by atoms with Gasteiger partial charge < -0.3 is 25.4 Å². The van der Waals surface area contributed by atoms with Crippen molar-refractivity contribution in [3.8, 4) is 0 Å². The summed E-state index contributed by atoms with van der Waals surface area (Å²) in [5.41, 5.74) is -0.0942. The molecule has 1 amide bonds. The van der Waals surface area contributed by atoms with Gasteiger partial charge in [-0.15, -0.1) is 0 Å². The van der Waals surface area contributed by atoms with Gasteiger partial charge in [-0.1, -0.05) is 0 Å². The van der Waals surface area contributed by atoms with E-state index in [0.29, 0.717) is 0 Å². The molecule has 0 saturated carbocycles. The van der Waals surface area contributed by atoms with Crippen LogP contribution in [0.25, 0.3) is 6.08 Å². The van der Waals surface area contributed by atoms with E-state index in [1.807, 2.05) is 0 Å². The third kappa shape index (κ3) is 6.09. The monoisotopic (exact) mass is 385 g/mol. The number of carboxylic acids is 1. The summed E-state index contributed by atoms with van der Waals surface area (Å²) in [4.78, 5) is 23.2. The first-order chi connectivity index (χ1) is 12.8. The highest BCUT2D eigenvalue weighted by Gasteiger charge is 2.36. The van der Waals surface area contributed by atoms with E-state index in [1.165, 1.54) is 0 Å². The van der Waals surface area contributed by atoms with Crippen LogP contribution in [0.1, 0.15) is 24.8 Å². The highest BCUT2D eigenvalue weighted by atomic mass is 19.1. The molecule has 1 saturated heterocycles. The highest BCUT2D eigenvalue weighted by molar-refractivity contribution is 5.92. The maximum atomic E-state index is 13.6. The van der Waals surface area contributed by atoms with Crippen molar-refractivity contribution in [2.75, 3.05) is 6.61 Å². The molecule has 148 valence electrons. The van der Waals surface area contributed by atoms with Gasteiger partial charge in [0.05, 0.1) is 24.9 Å². The number of nitrogens with one attached hydrogen (secondary N) is 1. The molecule has 9 heteroatoms. The molecule has 0 bridgehead atoms. The summed E-state index contributed by atoms with van der Waals surface area (Å²) in [5.74, 6) is -3.08. The van der Waals surface area contributed by atoms with Gasteiger partial charge in [-0.3, -0.25) is 4.79 Å². The van der Waals surface area contributed by atoms with E-state index in [9.17, 15) is 23.5 Å². The number of benzene rings is 1. The quantitative estimate of drug-likeness (QED) is 0.517. The summed E-state index contributed by atoms with van der Waals surface area (Å²) >= 11 is 0. The van der Waals surface area contributed by atoms with Crippen LogP contribution in [0.15, 0.2) is 24.3 Å². The predicted molar refractivity (Wildman–Crippen MR) is 90.6 cm³/mol. The van der Waals surface area contributed by atoms with Crippen molar-refractivity contribution in [2.24, 2.45) is 0 Å². The van der Waals surface area contributed by atoms with E-state index in [-0.39, 0.29) is 24.8 Å². The van der Waals surface area contributed by atoms with Crippen LogP contribution < -0.4 is 5.32 Å². The molecule has 0 unspecified atom stereocenters. The van der Waals surface area contributed by atoms with E-state index in [0.717, 1.165) is 30.4 Å². The fraction of sp³-hybridized carbons (Fsp3) is 0.444. The normalized spacial score (nSPS) is 23.9. The average molecular weight is 385 g/mol. The number of carboxylic acid groups (broad SMARTS) is 1. The molecule has 1 fully saturated rings. The Labute approximate surface area is 154 Å². The summed E-state index contributed by atoms with van der Waals surface area (Å²) in [6, 6.07) is 2.25. The number of hydrogen-bond donors (Lipinski definition) is 4. The molecular weight excluding hydrogens is 364 g/mol. The molecule has 0 radical (unpaired) electrons. The van der Waals surface area contributed by atoms with Gasteiger partial charge >= 0.3 is 5.97 Å². The van der Waals surface area contributed by atoms with Crippen LogP contribution in [0, 0.1) is 11.6 Å². The molecule has 1 aromatic rings. The molecule has 4 atom stereocenters. The predicted octanol–water partition coefficient (Wildman–Crippen LogP) is 0.838. The molecule has 7 nitrogen and oxygen atoms in total. The first-order valence-electron chi connectivity index (χ1n) is 8.41. The molecule has 1 aliphatic heterocycles. The van der Waals surface area contributed by atoms with Crippen LogP contribution >= 0.6 is 0 Å². The van der Waals surface area contributed by atoms with Crippen LogP contribution in [0.5, 0.6) is 0 Å². The van der Waals surface area contributed by atoms with Crippen molar-refractivity contribution in [2.45, 2.75) is 43.6 Å². The Balaban J connectivity index is 2.03. The molecular formula is C18H21F2NO6. The van der Waals surface area contributed by atoms with Crippen LogP contribution in [0.2, 0.25) is 0 Å². The number of carbonyl (C=O) groups excluding carboxylic acids is 1. The van der Waals surface area contributed by atoms with E-state index in [1.54, 1.807) is 0 Å². The fourth-order valence-electron chi connectivity index (χ4n) is 2.84. The number of halogens is 2. The minimum atomic E-state index is -1.15. The summed E-state index contributed by atoms with van der Waals surface area (Å²) in [7, 11) is 0. The molecule has 4 N–H and O–H groups in total. The number of hydrogen-bond acceptors (Lipinski definition) is 5. The van der Waals surface area contributed by atoms with Gasteiger partial charge in [0.15, 0.2) is 6.10 Å². The Morgan fingerprint density at radius 1 is 1.33 bits per heavy atom. The lowest BCUT2D eigenvalue weighted by atomic mass is 9.94. The molecule has 1 heterocycles. The molecule has 0 spiro atoms. The summed E-state index contributed by atoms with van der Waals surface area (Å²) < 4.78 is 32.1. The second kappa shape index (κ2) is 9.54. The Morgan fingerprint density at radius 2 is 2.07 bits per heavy atom. The highest BCUT2D eigenvalue weighted by Crippen LogP contribution is 2.23. The van der Waals surface area contributed by atoms with Gasteiger partial charge in [0, 0.05) is 18.1 Å². The second-order valence-corrected chi connectivity index (χ2v) is 6.27. The lowest BCUT2D eigenvalue weighted by molar-refractivity contribution is -0.164. The van der Waals surface area contributed by atoms with Crippen LogP contribution in [0.3, 0.4) is 0 Å². The number of carbonyl (C=O) groups is 2. The van der Waals surface area contributed by atoms with Crippen molar-refractivity contribution >= 4 is 18.0 Å². The minimum Gasteiger partial charge on any atom is -0.479 e. The van der Waals surface area contributed by atoms with Crippen molar-refractivity contribution in [3.05, 3.63) is 41.5 Å². The van der Waals surface area contributed by atoms with E-state index < -0.39 is 54.5 Å².